The first-order valence-electron chi connectivity index (χ1n) is 7.27. The topological polar surface area (TPSA) is 0 Å². The van der Waals surface area contributed by atoms with Gasteiger partial charge in [0.2, 0.25) is 0 Å². The van der Waals surface area contributed by atoms with E-state index in [0.29, 0.717) is 0 Å². The molecule has 4 unspecified atom stereocenters. The lowest BCUT2D eigenvalue weighted by Crippen LogP contribution is -2.35. The third-order valence-corrected chi connectivity index (χ3v) is 5.99. The Bertz CT molecular complexity index is 234. The molecule has 3 rings (SSSR count). The Hall–Kier alpha value is 0. The van der Waals surface area contributed by atoms with Gasteiger partial charge in [-0.2, -0.15) is 0 Å². The van der Waals surface area contributed by atoms with E-state index < -0.39 is 0 Å². The number of rotatable bonds is 2. The second-order valence-electron chi connectivity index (χ2n) is 6.67. The van der Waals surface area contributed by atoms with Gasteiger partial charge in [-0.1, -0.05) is 39.5 Å². The van der Waals surface area contributed by atoms with Crippen molar-refractivity contribution in [3.05, 3.63) is 0 Å². The Labute approximate surface area is 94.8 Å². The first-order chi connectivity index (χ1) is 7.27. The van der Waals surface area contributed by atoms with Crippen LogP contribution in [-0.2, 0) is 0 Å². The Morgan fingerprint density at radius 3 is 2.33 bits per heavy atom. The van der Waals surface area contributed by atoms with Crippen molar-refractivity contribution in [1.82, 2.24) is 0 Å². The maximum Gasteiger partial charge on any atom is -0.0266 e. The predicted molar refractivity (Wildman–Crippen MR) is 64.7 cm³/mol. The summed E-state index contributed by atoms with van der Waals surface area (Å²) in [6, 6.07) is 0. The van der Waals surface area contributed by atoms with Gasteiger partial charge >= 0.3 is 0 Å². The van der Waals surface area contributed by atoms with Gasteiger partial charge in [0.15, 0.2) is 0 Å². The molecule has 0 aromatic carbocycles. The lowest BCUT2D eigenvalue weighted by molar-refractivity contribution is 0.0516. The number of hydrogen-bond acceptors (Lipinski definition) is 0. The van der Waals surface area contributed by atoms with Gasteiger partial charge < -0.3 is 0 Å². The van der Waals surface area contributed by atoms with Crippen molar-refractivity contribution in [1.29, 1.82) is 0 Å². The molecule has 0 heteroatoms. The van der Waals surface area contributed by atoms with Gasteiger partial charge in [0.1, 0.15) is 0 Å². The second kappa shape index (κ2) is 3.50. The zero-order chi connectivity index (χ0) is 10.5. The second-order valence-corrected chi connectivity index (χ2v) is 6.67. The SMILES string of the molecule is CCC1(C2C(C)CC3CC32)CCCCC1. The standard InChI is InChI=1S/C15H26/c1-3-15(7-5-4-6-8-15)14-11(2)9-12-10-13(12)14/h11-14H,3-10H2,1-2H3. The summed E-state index contributed by atoms with van der Waals surface area (Å²) in [6.45, 7) is 5.01. The van der Waals surface area contributed by atoms with Crippen molar-refractivity contribution in [2.75, 3.05) is 0 Å². The molecule has 3 saturated carbocycles. The highest BCUT2D eigenvalue weighted by Crippen LogP contribution is 2.66. The highest BCUT2D eigenvalue weighted by atomic mass is 14.6. The van der Waals surface area contributed by atoms with Crippen molar-refractivity contribution in [2.24, 2.45) is 29.1 Å². The first kappa shape index (κ1) is 10.2. The molecular formula is C15H26. The van der Waals surface area contributed by atoms with E-state index in [1.807, 2.05) is 0 Å². The summed E-state index contributed by atoms with van der Waals surface area (Å²) < 4.78 is 0. The minimum absolute atomic E-state index is 0.785. The Morgan fingerprint density at radius 1 is 1.07 bits per heavy atom. The molecule has 0 aliphatic heterocycles. The first-order valence-corrected chi connectivity index (χ1v) is 7.27. The quantitative estimate of drug-likeness (QED) is 0.617. The Kier molecular flexibility index (Phi) is 2.37. The van der Waals surface area contributed by atoms with Gasteiger partial charge in [0.25, 0.3) is 0 Å². The van der Waals surface area contributed by atoms with E-state index in [0.717, 1.165) is 29.1 Å². The minimum Gasteiger partial charge on any atom is -0.0648 e. The average Bonchev–Trinajstić information content (AvgIpc) is 2.91. The fourth-order valence-electron chi connectivity index (χ4n) is 5.26. The molecule has 3 fully saturated rings. The van der Waals surface area contributed by atoms with Crippen LogP contribution in [0.5, 0.6) is 0 Å². The van der Waals surface area contributed by atoms with Crippen molar-refractivity contribution >= 4 is 0 Å². The van der Waals surface area contributed by atoms with Crippen molar-refractivity contribution < 1.29 is 0 Å². The van der Waals surface area contributed by atoms with Gasteiger partial charge in [-0.15, -0.1) is 0 Å². The number of hydrogen-bond donors (Lipinski definition) is 0. The molecule has 0 heterocycles. The molecule has 15 heavy (non-hydrogen) atoms. The fourth-order valence-corrected chi connectivity index (χ4v) is 5.26. The van der Waals surface area contributed by atoms with Crippen LogP contribution < -0.4 is 0 Å². The molecule has 0 amide bonds. The van der Waals surface area contributed by atoms with E-state index in [1.165, 1.54) is 25.7 Å². The van der Waals surface area contributed by atoms with Gasteiger partial charge in [-0.05, 0) is 54.8 Å². The third kappa shape index (κ3) is 1.47. The molecule has 0 saturated heterocycles. The molecule has 0 radical (unpaired) electrons. The number of fused-ring (bicyclic) bond motifs is 1. The zero-order valence-corrected chi connectivity index (χ0v) is 10.5. The van der Waals surface area contributed by atoms with Gasteiger partial charge in [-0.25, -0.2) is 0 Å². The van der Waals surface area contributed by atoms with Crippen molar-refractivity contribution in [3.8, 4) is 0 Å². The van der Waals surface area contributed by atoms with E-state index in [-0.39, 0.29) is 0 Å². The highest BCUT2D eigenvalue weighted by molar-refractivity contribution is 5.07. The van der Waals surface area contributed by atoms with Crippen LogP contribution in [0.3, 0.4) is 0 Å². The van der Waals surface area contributed by atoms with Crippen molar-refractivity contribution in [2.45, 2.75) is 65.2 Å². The van der Waals surface area contributed by atoms with Crippen LogP contribution in [0.1, 0.15) is 65.2 Å². The van der Waals surface area contributed by atoms with Crippen LogP contribution >= 0.6 is 0 Å². The van der Waals surface area contributed by atoms with E-state index in [4.69, 9.17) is 0 Å². The summed E-state index contributed by atoms with van der Waals surface area (Å²) in [5, 5.41) is 0. The summed E-state index contributed by atoms with van der Waals surface area (Å²) in [4.78, 5) is 0. The summed E-state index contributed by atoms with van der Waals surface area (Å²) in [5.74, 6) is 4.49. The average molecular weight is 206 g/mol. The molecule has 0 aromatic heterocycles. The molecular weight excluding hydrogens is 180 g/mol. The van der Waals surface area contributed by atoms with E-state index in [9.17, 15) is 0 Å². The van der Waals surface area contributed by atoms with Gasteiger partial charge in [-0.3, -0.25) is 0 Å². The van der Waals surface area contributed by atoms with E-state index in [1.54, 1.807) is 25.7 Å². The molecule has 3 aliphatic carbocycles. The minimum atomic E-state index is 0.785. The Balaban J connectivity index is 1.82. The molecule has 0 nitrogen and oxygen atoms in total. The molecule has 3 aliphatic rings. The lowest BCUT2D eigenvalue weighted by atomic mass is 9.60. The molecule has 0 spiro atoms. The normalized spacial score (nSPS) is 47.6. The fraction of sp³-hybridized carbons (Fsp3) is 1.00. The molecule has 4 atom stereocenters. The van der Waals surface area contributed by atoms with Crippen molar-refractivity contribution in [3.63, 3.8) is 0 Å². The summed E-state index contributed by atoms with van der Waals surface area (Å²) in [5.41, 5.74) is 0.785. The van der Waals surface area contributed by atoms with Gasteiger partial charge in [0, 0.05) is 0 Å². The van der Waals surface area contributed by atoms with E-state index in [2.05, 4.69) is 13.8 Å². The largest absolute Gasteiger partial charge is 0.0648 e. The van der Waals surface area contributed by atoms with Crippen LogP contribution in [0.15, 0.2) is 0 Å². The monoisotopic (exact) mass is 206 g/mol. The maximum atomic E-state index is 2.54. The van der Waals surface area contributed by atoms with Crippen LogP contribution in [-0.4, -0.2) is 0 Å². The summed E-state index contributed by atoms with van der Waals surface area (Å²) in [7, 11) is 0. The molecule has 0 N–H and O–H groups in total. The third-order valence-electron chi connectivity index (χ3n) is 5.99. The van der Waals surface area contributed by atoms with E-state index >= 15 is 0 Å². The summed E-state index contributed by atoms with van der Waals surface area (Å²) >= 11 is 0. The smallest absolute Gasteiger partial charge is 0.0266 e. The van der Waals surface area contributed by atoms with Crippen LogP contribution in [0.25, 0.3) is 0 Å². The summed E-state index contributed by atoms with van der Waals surface area (Å²) in [6.07, 6.45) is 12.3. The maximum absolute atomic E-state index is 2.54. The molecule has 0 bridgehead atoms. The predicted octanol–water partition coefficient (Wildman–Crippen LogP) is 4.64. The zero-order valence-electron chi connectivity index (χ0n) is 10.5. The lowest BCUT2D eigenvalue weighted by Gasteiger charge is -2.45. The molecule has 0 aromatic rings. The molecule has 86 valence electrons. The van der Waals surface area contributed by atoms with Crippen LogP contribution in [0.2, 0.25) is 0 Å². The van der Waals surface area contributed by atoms with Crippen LogP contribution in [0.4, 0.5) is 0 Å². The highest BCUT2D eigenvalue weighted by Gasteiger charge is 2.58. The van der Waals surface area contributed by atoms with Gasteiger partial charge in [0.05, 0.1) is 0 Å². The van der Waals surface area contributed by atoms with Crippen LogP contribution in [0, 0.1) is 29.1 Å². The Morgan fingerprint density at radius 2 is 1.80 bits per heavy atom.